The minimum Gasteiger partial charge on any atom is -0.399 e. The van der Waals surface area contributed by atoms with E-state index in [9.17, 15) is 0 Å². The first-order chi connectivity index (χ1) is 9.26. The van der Waals surface area contributed by atoms with Crippen LogP contribution in [0.4, 0.5) is 11.5 Å². The standard InChI is InChI=1S/C15H19N3O/c16-13-2-3-14-12(9-13)1-4-15(17-14)18-7-5-11(10-19)6-8-18/h1-4,9,11,19H,5-8,10,16H2. The SMILES string of the molecule is Nc1ccc2nc(N3CCC(CO)CC3)ccc2c1. The number of pyridine rings is 1. The van der Waals surface area contributed by atoms with Gasteiger partial charge in [0.15, 0.2) is 0 Å². The van der Waals surface area contributed by atoms with Gasteiger partial charge in [0.2, 0.25) is 0 Å². The summed E-state index contributed by atoms with van der Waals surface area (Å²) in [7, 11) is 0. The number of aliphatic hydroxyl groups excluding tert-OH is 1. The van der Waals surface area contributed by atoms with Crippen molar-refractivity contribution in [2.75, 3.05) is 30.3 Å². The third-order valence-electron chi connectivity index (χ3n) is 3.90. The molecule has 0 amide bonds. The molecule has 2 heterocycles. The van der Waals surface area contributed by atoms with E-state index in [-0.39, 0.29) is 0 Å². The molecule has 0 radical (unpaired) electrons. The van der Waals surface area contributed by atoms with E-state index in [1.807, 2.05) is 18.2 Å². The molecule has 0 bridgehead atoms. The minimum absolute atomic E-state index is 0.304. The summed E-state index contributed by atoms with van der Waals surface area (Å²) >= 11 is 0. The van der Waals surface area contributed by atoms with Crippen LogP contribution >= 0.6 is 0 Å². The molecule has 19 heavy (non-hydrogen) atoms. The number of fused-ring (bicyclic) bond motifs is 1. The molecule has 1 saturated heterocycles. The molecule has 0 atom stereocenters. The largest absolute Gasteiger partial charge is 0.399 e. The van der Waals surface area contributed by atoms with Crippen LogP contribution in [0.2, 0.25) is 0 Å². The smallest absolute Gasteiger partial charge is 0.129 e. The van der Waals surface area contributed by atoms with Crippen LogP contribution in [0.1, 0.15) is 12.8 Å². The Morgan fingerprint density at radius 1 is 1.21 bits per heavy atom. The molecular formula is C15H19N3O. The highest BCUT2D eigenvalue weighted by atomic mass is 16.3. The number of nitrogen functional groups attached to an aromatic ring is 1. The molecule has 2 aromatic rings. The van der Waals surface area contributed by atoms with Gasteiger partial charge in [0.05, 0.1) is 5.52 Å². The van der Waals surface area contributed by atoms with Crippen molar-refractivity contribution in [3.05, 3.63) is 30.3 Å². The van der Waals surface area contributed by atoms with Crippen molar-refractivity contribution in [2.45, 2.75) is 12.8 Å². The maximum atomic E-state index is 9.17. The van der Waals surface area contributed by atoms with Crippen LogP contribution in [-0.4, -0.2) is 29.8 Å². The number of piperidine rings is 1. The van der Waals surface area contributed by atoms with Crippen molar-refractivity contribution in [1.29, 1.82) is 0 Å². The summed E-state index contributed by atoms with van der Waals surface area (Å²) in [5, 5.41) is 10.2. The molecule has 3 N–H and O–H groups in total. The maximum absolute atomic E-state index is 9.17. The van der Waals surface area contributed by atoms with E-state index >= 15 is 0 Å². The van der Waals surface area contributed by atoms with Crippen molar-refractivity contribution in [3.8, 4) is 0 Å². The second-order valence-electron chi connectivity index (χ2n) is 5.23. The number of anilines is 2. The van der Waals surface area contributed by atoms with E-state index in [4.69, 9.17) is 15.8 Å². The Balaban J connectivity index is 1.84. The van der Waals surface area contributed by atoms with Gasteiger partial charge in [-0.3, -0.25) is 0 Å². The Morgan fingerprint density at radius 3 is 2.74 bits per heavy atom. The lowest BCUT2D eigenvalue weighted by Crippen LogP contribution is -2.35. The summed E-state index contributed by atoms with van der Waals surface area (Å²) in [5.74, 6) is 1.48. The highest BCUT2D eigenvalue weighted by Gasteiger charge is 2.19. The highest BCUT2D eigenvalue weighted by Crippen LogP contribution is 2.24. The molecule has 1 aromatic heterocycles. The molecule has 1 aliphatic heterocycles. The number of rotatable bonds is 2. The molecule has 4 nitrogen and oxygen atoms in total. The average molecular weight is 257 g/mol. The van der Waals surface area contributed by atoms with E-state index in [2.05, 4.69) is 17.0 Å². The van der Waals surface area contributed by atoms with E-state index in [1.165, 1.54) is 0 Å². The lowest BCUT2D eigenvalue weighted by molar-refractivity contribution is 0.203. The highest BCUT2D eigenvalue weighted by molar-refractivity contribution is 5.83. The lowest BCUT2D eigenvalue weighted by atomic mass is 9.98. The monoisotopic (exact) mass is 257 g/mol. The van der Waals surface area contributed by atoms with Crippen LogP contribution in [0.25, 0.3) is 10.9 Å². The van der Waals surface area contributed by atoms with Gasteiger partial charge in [0.1, 0.15) is 5.82 Å². The third-order valence-corrected chi connectivity index (χ3v) is 3.90. The number of aromatic nitrogens is 1. The number of nitrogens with two attached hydrogens (primary N) is 1. The quantitative estimate of drug-likeness (QED) is 0.808. The summed E-state index contributed by atoms with van der Waals surface area (Å²) < 4.78 is 0. The van der Waals surface area contributed by atoms with Crippen LogP contribution < -0.4 is 10.6 Å². The molecule has 0 spiro atoms. The van der Waals surface area contributed by atoms with Gasteiger partial charge < -0.3 is 15.7 Å². The maximum Gasteiger partial charge on any atom is 0.129 e. The van der Waals surface area contributed by atoms with Gasteiger partial charge in [0, 0.05) is 30.8 Å². The Labute approximate surface area is 112 Å². The Bertz CT molecular complexity index is 577. The first-order valence-corrected chi connectivity index (χ1v) is 6.78. The molecule has 1 aliphatic rings. The molecule has 0 saturated carbocycles. The first kappa shape index (κ1) is 12.2. The Kier molecular flexibility index (Phi) is 3.25. The second-order valence-corrected chi connectivity index (χ2v) is 5.23. The number of nitrogens with zero attached hydrogens (tertiary/aromatic N) is 2. The van der Waals surface area contributed by atoms with E-state index in [0.717, 1.165) is 48.3 Å². The van der Waals surface area contributed by atoms with E-state index in [0.29, 0.717) is 12.5 Å². The Morgan fingerprint density at radius 2 is 2.00 bits per heavy atom. The summed E-state index contributed by atoms with van der Waals surface area (Å²) in [5.41, 5.74) is 7.53. The van der Waals surface area contributed by atoms with Gasteiger partial charge in [0.25, 0.3) is 0 Å². The van der Waals surface area contributed by atoms with E-state index in [1.54, 1.807) is 0 Å². The van der Waals surface area contributed by atoms with Gasteiger partial charge in [-0.05, 0) is 49.1 Å². The number of hydrogen-bond donors (Lipinski definition) is 2. The zero-order valence-corrected chi connectivity index (χ0v) is 10.9. The van der Waals surface area contributed by atoms with E-state index < -0.39 is 0 Å². The molecule has 100 valence electrons. The summed E-state index contributed by atoms with van der Waals surface area (Å²) in [4.78, 5) is 6.99. The fourth-order valence-corrected chi connectivity index (χ4v) is 2.65. The topological polar surface area (TPSA) is 62.4 Å². The molecule has 0 unspecified atom stereocenters. The van der Waals surface area contributed by atoms with Crippen molar-refractivity contribution >= 4 is 22.4 Å². The van der Waals surface area contributed by atoms with Gasteiger partial charge >= 0.3 is 0 Å². The average Bonchev–Trinajstić information content (AvgIpc) is 2.47. The van der Waals surface area contributed by atoms with Gasteiger partial charge in [-0.25, -0.2) is 4.98 Å². The fourth-order valence-electron chi connectivity index (χ4n) is 2.65. The lowest BCUT2D eigenvalue weighted by Gasteiger charge is -2.32. The second kappa shape index (κ2) is 5.05. The van der Waals surface area contributed by atoms with Gasteiger partial charge in [-0.2, -0.15) is 0 Å². The zero-order chi connectivity index (χ0) is 13.2. The Hall–Kier alpha value is -1.81. The predicted molar refractivity (Wildman–Crippen MR) is 78.2 cm³/mol. The van der Waals surface area contributed by atoms with Crippen molar-refractivity contribution < 1.29 is 5.11 Å². The van der Waals surface area contributed by atoms with Crippen molar-refractivity contribution in [2.24, 2.45) is 5.92 Å². The summed E-state index contributed by atoms with van der Waals surface area (Å²) in [6, 6.07) is 9.93. The fraction of sp³-hybridized carbons (Fsp3) is 0.400. The predicted octanol–water partition coefficient (Wildman–Crippen LogP) is 2.03. The van der Waals surface area contributed by atoms with Crippen LogP contribution in [0.5, 0.6) is 0 Å². The minimum atomic E-state index is 0.304. The number of hydrogen-bond acceptors (Lipinski definition) is 4. The molecule has 3 rings (SSSR count). The molecule has 4 heteroatoms. The normalized spacial score (nSPS) is 17.0. The van der Waals surface area contributed by atoms with Gasteiger partial charge in [-0.1, -0.05) is 0 Å². The first-order valence-electron chi connectivity index (χ1n) is 6.78. The van der Waals surface area contributed by atoms with Crippen LogP contribution in [0.15, 0.2) is 30.3 Å². The van der Waals surface area contributed by atoms with Crippen LogP contribution in [0, 0.1) is 5.92 Å². The number of benzene rings is 1. The zero-order valence-electron chi connectivity index (χ0n) is 10.9. The molecule has 0 aliphatic carbocycles. The molecule has 1 aromatic carbocycles. The summed E-state index contributed by atoms with van der Waals surface area (Å²) in [6.07, 6.45) is 2.08. The van der Waals surface area contributed by atoms with Crippen molar-refractivity contribution in [1.82, 2.24) is 4.98 Å². The summed E-state index contributed by atoms with van der Waals surface area (Å²) in [6.45, 7) is 2.25. The van der Waals surface area contributed by atoms with Crippen molar-refractivity contribution in [3.63, 3.8) is 0 Å². The molecule has 1 fully saturated rings. The van der Waals surface area contributed by atoms with Gasteiger partial charge in [-0.15, -0.1) is 0 Å². The molecular weight excluding hydrogens is 238 g/mol. The third kappa shape index (κ3) is 2.49. The van der Waals surface area contributed by atoms with Crippen LogP contribution in [-0.2, 0) is 0 Å². The number of aliphatic hydroxyl groups is 1. The van der Waals surface area contributed by atoms with Crippen LogP contribution in [0.3, 0.4) is 0 Å².